The summed E-state index contributed by atoms with van der Waals surface area (Å²) in [6.07, 6.45) is 2.28. The maximum Gasteiger partial charge on any atom is 0.247 e. The minimum Gasteiger partial charge on any atom is -0.378 e. The van der Waals surface area contributed by atoms with Crippen LogP contribution in [0.4, 0.5) is 0 Å². The Labute approximate surface area is 87.0 Å². The zero-order valence-corrected chi connectivity index (χ0v) is 9.26. The molecule has 0 bridgehead atoms. The van der Waals surface area contributed by atoms with Crippen molar-refractivity contribution in [2.45, 2.75) is 11.8 Å². The van der Waals surface area contributed by atoms with Crippen LogP contribution in [0.25, 0.3) is 0 Å². The van der Waals surface area contributed by atoms with E-state index in [0.29, 0.717) is 10.7 Å². The summed E-state index contributed by atoms with van der Waals surface area (Å²) in [5, 5.41) is 0.0493. The SMILES string of the molecule is COCc1nc(S(C)(=O)=O)ncc1Cl. The number of methoxy groups -OCH3 is 1. The molecule has 0 atom stereocenters. The normalized spacial score (nSPS) is 11.6. The average Bonchev–Trinajstić information content (AvgIpc) is 2.07. The first-order chi connectivity index (χ1) is 6.45. The molecule has 78 valence electrons. The van der Waals surface area contributed by atoms with E-state index in [4.69, 9.17) is 16.3 Å². The number of hydrogen-bond acceptors (Lipinski definition) is 5. The fourth-order valence-corrected chi connectivity index (χ4v) is 1.47. The minimum atomic E-state index is -3.40. The van der Waals surface area contributed by atoms with Crippen LogP contribution in [0.3, 0.4) is 0 Å². The van der Waals surface area contributed by atoms with Crippen LogP contribution < -0.4 is 0 Å². The van der Waals surface area contributed by atoms with E-state index in [1.807, 2.05) is 0 Å². The van der Waals surface area contributed by atoms with Gasteiger partial charge in [-0.25, -0.2) is 18.4 Å². The summed E-state index contributed by atoms with van der Waals surface area (Å²) in [6, 6.07) is 0. The highest BCUT2D eigenvalue weighted by Crippen LogP contribution is 2.14. The maximum absolute atomic E-state index is 11.1. The lowest BCUT2D eigenvalue weighted by Gasteiger charge is -2.03. The van der Waals surface area contributed by atoms with E-state index in [0.717, 1.165) is 6.26 Å². The van der Waals surface area contributed by atoms with Crippen LogP contribution in [0.1, 0.15) is 5.69 Å². The van der Waals surface area contributed by atoms with Gasteiger partial charge >= 0.3 is 0 Å². The van der Waals surface area contributed by atoms with Crippen LogP contribution in [0.15, 0.2) is 11.4 Å². The van der Waals surface area contributed by atoms with Gasteiger partial charge in [0.15, 0.2) is 0 Å². The third-order valence-electron chi connectivity index (χ3n) is 1.41. The summed E-state index contributed by atoms with van der Waals surface area (Å²) >= 11 is 5.73. The van der Waals surface area contributed by atoms with E-state index in [2.05, 4.69) is 9.97 Å². The lowest BCUT2D eigenvalue weighted by Crippen LogP contribution is -2.07. The second-order valence-corrected chi connectivity index (χ2v) is 4.97. The van der Waals surface area contributed by atoms with Crippen LogP contribution in [0, 0.1) is 0 Å². The smallest absolute Gasteiger partial charge is 0.247 e. The number of sulfone groups is 1. The number of nitrogens with zero attached hydrogens (tertiary/aromatic N) is 2. The van der Waals surface area contributed by atoms with Crippen LogP contribution in [-0.4, -0.2) is 31.8 Å². The Morgan fingerprint density at radius 2 is 2.21 bits per heavy atom. The molecule has 0 radical (unpaired) electrons. The molecule has 0 aromatic carbocycles. The number of rotatable bonds is 3. The predicted molar refractivity (Wildman–Crippen MR) is 50.9 cm³/mol. The third-order valence-corrected chi connectivity index (χ3v) is 2.58. The molecule has 1 aromatic rings. The van der Waals surface area contributed by atoms with Crippen LogP contribution >= 0.6 is 11.6 Å². The Bertz CT molecular complexity index is 433. The Morgan fingerprint density at radius 3 is 2.71 bits per heavy atom. The van der Waals surface area contributed by atoms with Gasteiger partial charge in [0.1, 0.15) is 0 Å². The second-order valence-electron chi connectivity index (χ2n) is 2.65. The van der Waals surface area contributed by atoms with E-state index in [1.165, 1.54) is 13.3 Å². The summed E-state index contributed by atoms with van der Waals surface area (Å²) < 4.78 is 27.0. The van der Waals surface area contributed by atoms with Gasteiger partial charge < -0.3 is 4.74 Å². The largest absolute Gasteiger partial charge is 0.378 e. The Hall–Kier alpha value is -0.720. The molecular formula is C7H9ClN2O3S. The van der Waals surface area contributed by atoms with Crippen molar-refractivity contribution in [2.24, 2.45) is 0 Å². The molecule has 0 N–H and O–H groups in total. The van der Waals surface area contributed by atoms with Gasteiger partial charge in [-0.05, 0) is 0 Å². The van der Waals surface area contributed by atoms with Gasteiger partial charge in [0.25, 0.3) is 0 Å². The molecular weight excluding hydrogens is 228 g/mol. The quantitative estimate of drug-likeness (QED) is 0.722. The topological polar surface area (TPSA) is 69.2 Å². The van der Waals surface area contributed by atoms with Crippen molar-refractivity contribution in [2.75, 3.05) is 13.4 Å². The summed E-state index contributed by atoms with van der Waals surface area (Å²) in [4.78, 5) is 7.38. The first kappa shape index (κ1) is 11.4. The fraction of sp³-hybridized carbons (Fsp3) is 0.429. The Balaban J connectivity index is 3.20. The molecule has 0 saturated carbocycles. The molecule has 5 nitrogen and oxygen atoms in total. The van der Waals surface area contributed by atoms with Crippen LogP contribution in [0.5, 0.6) is 0 Å². The average molecular weight is 237 g/mol. The number of halogens is 1. The molecule has 0 saturated heterocycles. The zero-order chi connectivity index (χ0) is 10.8. The van der Waals surface area contributed by atoms with Gasteiger partial charge in [-0.3, -0.25) is 0 Å². The monoisotopic (exact) mass is 236 g/mol. The van der Waals surface area contributed by atoms with Crippen molar-refractivity contribution in [3.8, 4) is 0 Å². The molecule has 0 aliphatic heterocycles. The minimum absolute atomic E-state index is 0.157. The van der Waals surface area contributed by atoms with Crippen molar-refractivity contribution in [3.05, 3.63) is 16.9 Å². The van der Waals surface area contributed by atoms with Gasteiger partial charge in [-0.15, -0.1) is 0 Å². The van der Waals surface area contributed by atoms with Crippen molar-refractivity contribution in [1.82, 2.24) is 9.97 Å². The van der Waals surface area contributed by atoms with Crippen molar-refractivity contribution < 1.29 is 13.2 Å². The summed E-state index contributed by atoms with van der Waals surface area (Å²) in [7, 11) is -1.93. The predicted octanol–water partition coefficient (Wildman–Crippen LogP) is 0.680. The summed E-state index contributed by atoms with van der Waals surface area (Å²) in [6.45, 7) is 0.157. The van der Waals surface area contributed by atoms with Gasteiger partial charge in [-0.1, -0.05) is 11.6 Å². The zero-order valence-electron chi connectivity index (χ0n) is 7.69. The molecule has 0 aliphatic rings. The molecule has 0 unspecified atom stereocenters. The molecule has 0 amide bonds. The Morgan fingerprint density at radius 1 is 1.57 bits per heavy atom. The molecule has 0 fully saturated rings. The molecule has 0 spiro atoms. The highest BCUT2D eigenvalue weighted by Gasteiger charge is 2.13. The lowest BCUT2D eigenvalue weighted by atomic mass is 10.4. The highest BCUT2D eigenvalue weighted by atomic mass is 35.5. The maximum atomic E-state index is 11.1. The second kappa shape index (κ2) is 4.20. The van der Waals surface area contributed by atoms with Crippen molar-refractivity contribution in [3.63, 3.8) is 0 Å². The Kier molecular flexibility index (Phi) is 3.41. The molecule has 14 heavy (non-hydrogen) atoms. The molecule has 1 rings (SSSR count). The number of ether oxygens (including phenoxy) is 1. The molecule has 1 heterocycles. The van der Waals surface area contributed by atoms with E-state index < -0.39 is 9.84 Å². The van der Waals surface area contributed by atoms with Crippen molar-refractivity contribution in [1.29, 1.82) is 0 Å². The van der Waals surface area contributed by atoms with E-state index in [-0.39, 0.29) is 11.8 Å². The fourth-order valence-electron chi connectivity index (χ4n) is 0.801. The third kappa shape index (κ3) is 2.63. The lowest BCUT2D eigenvalue weighted by molar-refractivity contribution is 0.181. The van der Waals surface area contributed by atoms with E-state index in [9.17, 15) is 8.42 Å². The first-order valence-electron chi connectivity index (χ1n) is 3.65. The van der Waals surface area contributed by atoms with Gasteiger partial charge in [-0.2, -0.15) is 0 Å². The standard InChI is InChI=1S/C7H9ClN2O3S/c1-13-4-6-5(8)3-9-7(10-6)14(2,11)12/h3H,4H2,1-2H3. The summed E-state index contributed by atoms with van der Waals surface area (Å²) in [5.41, 5.74) is 0.365. The molecule has 7 heteroatoms. The van der Waals surface area contributed by atoms with Crippen LogP contribution in [0.2, 0.25) is 5.02 Å². The number of aromatic nitrogens is 2. The van der Waals surface area contributed by atoms with Crippen LogP contribution in [-0.2, 0) is 21.2 Å². The van der Waals surface area contributed by atoms with Gasteiger partial charge in [0, 0.05) is 13.4 Å². The van der Waals surface area contributed by atoms with Gasteiger partial charge in [0.05, 0.1) is 23.5 Å². The van der Waals surface area contributed by atoms with Gasteiger partial charge in [0.2, 0.25) is 15.0 Å². The first-order valence-corrected chi connectivity index (χ1v) is 5.92. The highest BCUT2D eigenvalue weighted by molar-refractivity contribution is 7.90. The molecule has 0 aliphatic carbocycles. The summed E-state index contributed by atoms with van der Waals surface area (Å²) in [5.74, 6) is 0. The van der Waals surface area contributed by atoms with Crippen molar-refractivity contribution >= 4 is 21.4 Å². The van der Waals surface area contributed by atoms with E-state index >= 15 is 0 Å². The molecule has 1 aromatic heterocycles. The number of hydrogen-bond donors (Lipinski definition) is 0. The van der Waals surface area contributed by atoms with E-state index in [1.54, 1.807) is 0 Å².